The summed E-state index contributed by atoms with van der Waals surface area (Å²) in [4.78, 5) is 11.8. The van der Waals surface area contributed by atoms with Gasteiger partial charge in [-0.25, -0.2) is 4.79 Å². The lowest BCUT2D eigenvalue weighted by atomic mass is 9.89. The number of carboxylic acid groups (broad SMARTS) is 1. The SMILES string of the molecule is C=CCOCCCCCCCCCCOC1(C(=O)O)C=CC(c2ccccc2)=CC1. The summed E-state index contributed by atoms with van der Waals surface area (Å²) < 4.78 is 11.2. The number of aliphatic carboxylic acids is 1. The number of carboxylic acids is 1. The van der Waals surface area contributed by atoms with Crippen molar-refractivity contribution >= 4 is 11.5 Å². The summed E-state index contributed by atoms with van der Waals surface area (Å²) in [5, 5.41) is 9.72. The molecule has 4 heteroatoms. The van der Waals surface area contributed by atoms with Crippen LogP contribution in [0.1, 0.15) is 63.4 Å². The van der Waals surface area contributed by atoms with Crippen LogP contribution >= 0.6 is 0 Å². The highest BCUT2D eigenvalue weighted by molar-refractivity contribution is 5.85. The monoisotopic (exact) mass is 412 g/mol. The zero-order chi connectivity index (χ0) is 21.5. The number of hydrogen-bond acceptors (Lipinski definition) is 3. The van der Waals surface area contributed by atoms with E-state index in [4.69, 9.17) is 9.47 Å². The highest BCUT2D eigenvalue weighted by Crippen LogP contribution is 2.30. The van der Waals surface area contributed by atoms with E-state index in [1.54, 1.807) is 12.2 Å². The van der Waals surface area contributed by atoms with E-state index in [0.29, 0.717) is 19.6 Å². The quantitative estimate of drug-likeness (QED) is 0.260. The standard InChI is InChI=1S/C26H36O4/c1-2-20-29-21-12-7-5-3-4-6-8-13-22-30-26(25(27)28)18-16-24(17-19-26)23-14-10-9-11-15-23/h2,9-11,14-18H,1,3-8,12-13,19-22H2,(H,27,28). The van der Waals surface area contributed by atoms with Gasteiger partial charge >= 0.3 is 5.97 Å². The first kappa shape index (κ1) is 24.1. The maximum absolute atomic E-state index is 11.8. The minimum Gasteiger partial charge on any atom is -0.479 e. The van der Waals surface area contributed by atoms with E-state index < -0.39 is 11.6 Å². The molecular formula is C26H36O4. The number of unbranched alkanes of at least 4 members (excludes halogenated alkanes) is 7. The van der Waals surface area contributed by atoms with Crippen molar-refractivity contribution in [2.24, 2.45) is 0 Å². The molecule has 0 radical (unpaired) electrons. The zero-order valence-electron chi connectivity index (χ0n) is 18.1. The molecule has 164 valence electrons. The van der Waals surface area contributed by atoms with Crippen LogP contribution in [0, 0.1) is 0 Å². The summed E-state index contributed by atoms with van der Waals surface area (Å²) in [6, 6.07) is 10.0. The van der Waals surface area contributed by atoms with Crippen molar-refractivity contribution in [2.75, 3.05) is 19.8 Å². The van der Waals surface area contributed by atoms with Crippen molar-refractivity contribution in [3.05, 3.63) is 66.8 Å². The topological polar surface area (TPSA) is 55.8 Å². The molecule has 0 spiro atoms. The van der Waals surface area contributed by atoms with Gasteiger partial charge in [0.05, 0.1) is 6.61 Å². The molecule has 2 rings (SSSR count). The number of ether oxygens (including phenoxy) is 2. The molecule has 1 aliphatic rings. The Bertz CT molecular complexity index is 692. The van der Waals surface area contributed by atoms with Gasteiger partial charge < -0.3 is 14.6 Å². The van der Waals surface area contributed by atoms with Gasteiger partial charge in [-0.2, -0.15) is 0 Å². The van der Waals surface area contributed by atoms with Crippen molar-refractivity contribution in [1.29, 1.82) is 0 Å². The second-order valence-corrected chi connectivity index (χ2v) is 7.80. The van der Waals surface area contributed by atoms with Gasteiger partial charge in [-0.3, -0.25) is 0 Å². The molecule has 0 amide bonds. The molecule has 30 heavy (non-hydrogen) atoms. The van der Waals surface area contributed by atoms with E-state index >= 15 is 0 Å². The summed E-state index contributed by atoms with van der Waals surface area (Å²) in [5.74, 6) is -0.917. The van der Waals surface area contributed by atoms with Gasteiger partial charge in [0.25, 0.3) is 0 Å². The normalized spacial score (nSPS) is 18.2. The number of benzene rings is 1. The van der Waals surface area contributed by atoms with Gasteiger partial charge in [-0.1, -0.05) is 87.1 Å². The molecule has 1 N–H and O–H groups in total. The summed E-state index contributed by atoms with van der Waals surface area (Å²) >= 11 is 0. The lowest BCUT2D eigenvalue weighted by molar-refractivity contribution is -0.159. The molecule has 4 nitrogen and oxygen atoms in total. The first-order chi connectivity index (χ1) is 14.7. The molecule has 1 aliphatic carbocycles. The van der Waals surface area contributed by atoms with Crippen LogP contribution in [0.5, 0.6) is 0 Å². The molecule has 1 aromatic carbocycles. The largest absolute Gasteiger partial charge is 0.479 e. The van der Waals surface area contributed by atoms with Crippen LogP contribution in [-0.2, 0) is 14.3 Å². The number of carbonyl (C=O) groups is 1. The van der Waals surface area contributed by atoms with E-state index in [2.05, 4.69) is 6.58 Å². The summed E-state index contributed by atoms with van der Waals surface area (Å²) in [5.41, 5.74) is 0.909. The first-order valence-corrected chi connectivity index (χ1v) is 11.2. The second kappa shape index (κ2) is 13.9. The minimum absolute atomic E-state index is 0.361. The summed E-state index contributed by atoms with van der Waals surface area (Å²) in [7, 11) is 0. The molecule has 0 saturated heterocycles. The van der Waals surface area contributed by atoms with Crippen molar-refractivity contribution in [3.63, 3.8) is 0 Å². The summed E-state index contributed by atoms with van der Waals surface area (Å²) in [6.07, 6.45) is 16.9. The molecule has 0 aromatic heterocycles. The van der Waals surface area contributed by atoms with Crippen molar-refractivity contribution in [3.8, 4) is 0 Å². The van der Waals surface area contributed by atoms with Gasteiger partial charge in [0.2, 0.25) is 0 Å². The van der Waals surface area contributed by atoms with E-state index in [-0.39, 0.29) is 0 Å². The molecular weight excluding hydrogens is 376 g/mol. The van der Waals surface area contributed by atoms with Crippen LogP contribution < -0.4 is 0 Å². The smallest absolute Gasteiger partial charge is 0.340 e. The fourth-order valence-corrected chi connectivity index (χ4v) is 3.58. The van der Waals surface area contributed by atoms with Crippen LogP contribution in [0.25, 0.3) is 5.57 Å². The van der Waals surface area contributed by atoms with Crippen LogP contribution in [0.15, 0.2) is 61.2 Å². The third-order valence-electron chi connectivity index (χ3n) is 5.40. The van der Waals surface area contributed by atoms with Gasteiger partial charge in [0.15, 0.2) is 5.60 Å². The predicted molar refractivity (Wildman–Crippen MR) is 122 cm³/mol. The highest BCUT2D eigenvalue weighted by atomic mass is 16.5. The van der Waals surface area contributed by atoms with E-state index in [1.165, 1.54) is 32.1 Å². The number of hydrogen-bond donors (Lipinski definition) is 1. The van der Waals surface area contributed by atoms with Crippen molar-refractivity contribution in [1.82, 2.24) is 0 Å². The van der Waals surface area contributed by atoms with Gasteiger partial charge in [-0.15, -0.1) is 6.58 Å². The van der Waals surface area contributed by atoms with Gasteiger partial charge in [0.1, 0.15) is 0 Å². The molecule has 1 unspecified atom stereocenters. The zero-order valence-corrected chi connectivity index (χ0v) is 18.1. The third kappa shape index (κ3) is 8.29. The number of rotatable bonds is 16. The first-order valence-electron chi connectivity index (χ1n) is 11.2. The Morgan fingerprint density at radius 2 is 1.63 bits per heavy atom. The van der Waals surface area contributed by atoms with Crippen molar-refractivity contribution < 1.29 is 19.4 Å². The van der Waals surface area contributed by atoms with E-state index in [0.717, 1.165) is 37.0 Å². The Morgan fingerprint density at radius 1 is 1.00 bits per heavy atom. The Kier molecular flexibility index (Phi) is 11.2. The lowest BCUT2D eigenvalue weighted by Gasteiger charge is -2.28. The van der Waals surface area contributed by atoms with Crippen LogP contribution in [0.2, 0.25) is 0 Å². The summed E-state index contributed by atoms with van der Waals surface area (Å²) in [6.45, 7) is 5.58. The molecule has 0 aliphatic heterocycles. The van der Waals surface area contributed by atoms with Crippen LogP contribution in [0.4, 0.5) is 0 Å². The Hall–Kier alpha value is -2.17. The van der Waals surface area contributed by atoms with Crippen molar-refractivity contribution in [2.45, 2.75) is 63.4 Å². The van der Waals surface area contributed by atoms with E-state index in [9.17, 15) is 9.90 Å². The average molecular weight is 413 g/mol. The van der Waals surface area contributed by atoms with E-state index in [1.807, 2.05) is 42.5 Å². The van der Waals surface area contributed by atoms with Crippen LogP contribution in [-0.4, -0.2) is 36.5 Å². The number of allylic oxidation sites excluding steroid dienone is 2. The highest BCUT2D eigenvalue weighted by Gasteiger charge is 2.37. The maximum atomic E-state index is 11.8. The second-order valence-electron chi connectivity index (χ2n) is 7.80. The molecule has 0 heterocycles. The van der Waals surface area contributed by atoms with Gasteiger partial charge in [0, 0.05) is 19.6 Å². The Labute approximate surface area is 181 Å². The van der Waals surface area contributed by atoms with Gasteiger partial charge in [-0.05, 0) is 30.1 Å². The molecule has 1 atom stereocenters. The molecule has 0 saturated carbocycles. The lowest BCUT2D eigenvalue weighted by Crippen LogP contribution is -2.40. The molecule has 0 fully saturated rings. The average Bonchev–Trinajstić information content (AvgIpc) is 2.78. The molecule has 0 bridgehead atoms. The predicted octanol–water partition coefficient (Wildman–Crippen LogP) is 6.19. The minimum atomic E-state index is -1.23. The Morgan fingerprint density at radius 3 is 2.20 bits per heavy atom. The third-order valence-corrected chi connectivity index (χ3v) is 5.40. The van der Waals surface area contributed by atoms with Crippen LogP contribution in [0.3, 0.4) is 0 Å². The Balaban J connectivity index is 1.58. The fraction of sp³-hybridized carbons (Fsp3) is 0.500. The maximum Gasteiger partial charge on any atom is 0.340 e. The fourth-order valence-electron chi connectivity index (χ4n) is 3.58. The molecule has 1 aromatic rings.